The lowest BCUT2D eigenvalue weighted by atomic mass is 9.81. The van der Waals surface area contributed by atoms with E-state index in [-0.39, 0.29) is 17.6 Å². The average Bonchev–Trinajstić information content (AvgIpc) is 2.66. The summed E-state index contributed by atoms with van der Waals surface area (Å²) in [7, 11) is 0. The molecule has 2 atom stereocenters. The summed E-state index contributed by atoms with van der Waals surface area (Å²) >= 11 is 0. The van der Waals surface area contributed by atoms with Crippen LogP contribution in [0.4, 0.5) is 0 Å². The molecule has 0 bridgehead atoms. The van der Waals surface area contributed by atoms with Crippen molar-refractivity contribution in [2.45, 2.75) is 26.4 Å². The maximum Gasteiger partial charge on any atom is 0.231 e. The van der Waals surface area contributed by atoms with Gasteiger partial charge in [0, 0.05) is 24.9 Å². The van der Waals surface area contributed by atoms with E-state index in [0.717, 1.165) is 16.8 Å². The molecule has 1 aliphatic rings. The van der Waals surface area contributed by atoms with Gasteiger partial charge in [-0.25, -0.2) is 0 Å². The van der Waals surface area contributed by atoms with Crippen molar-refractivity contribution in [1.82, 2.24) is 10.6 Å². The molecular formula is C22H24N2O2. The number of rotatable bonds is 6. The van der Waals surface area contributed by atoms with Crippen molar-refractivity contribution in [2.75, 3.05) is 0 Å². The Hall–Kier alpha value is -2.88. The molecule has 2 aromatic rings. The van der Waals surface area contributed by atoms with Crippen LogP contribution in [-0.4, -0.2) is 11.7 Å². The Morgan fingerprint density at radius 2 is 1.54 bits per heavy atom. The van der Waals surface area contributed by atoms with Crippen LogP contribution in [-0.2, 0) is 22.7 Å². The highest BCUT2D eigenvalue weighted by atomic mass is 16.2. The SMILES string of the molecule is CC1CC(NCc2ccccc2)=CC(=O)C1C(=O)NCc1ccccc1. The van der Waals surface area contributed by atoms with Gasteiger partial charge in [-0.2, -0.15) is 0 Å². The molecule has 4 nitrogen and oxygen atoms in total. The molecule has 4 heteroatoms. The smallest absolute Gasteiger partial charge is 0.231 e. The first-order valence-electron chi connectivity index (χ1n) is 8.97. The van der Waals surface area contributed by atoms with Gasteiger partial charge in [0.1, 0.15) is 5.92 Å². The van der Waals surface area contributed by atoms with Crippen molar-refractivity contribution in [3.8, 4) is 0 Å². The molecule has 2 unspecified atom stereocenters. The van der Waals surface area contributed by atoms with Gasteiger partial charge in [0.15, 0.2) is 5.78 Å². The van der Waals surface area contributed by atoms with Crippen LogP contribution in [0.1, 0.15) is 24.5 Å². The van der Waals surface area contributed by atoms with Crippen LogP contribution < -0.4 is 10.6 Å². The third-order valence-corrected chi connectivity index (χ3v) is 4.69. The fourth-order valence-corrected chi connectivity index (χ4v) is 3.28. The van der Waals surface area contributed by atoms with Crippen LogP contribution in [0.5, 0.6) is 0 Å². The highest BCUT2D eigenvalue weighted by Crippen LogP contribution is 2.26. The molecule has 3 rings (SSSR count). The monoisotopic (exact) mass is 348 g/mol. The van der Waals surface area contributed by atoms with Crippen molar-refractivity contribution in [1.29, 1.82) is 0 Å². The minimum Gasteiger partial charge on any atom is -0.384 e. The number of amides is 1. The Bertz CT molecular complexity index is 784. The van der Waals surface area contributed by atoms with Crippen LogP contribution in [0, 0.1) is 11.8 Å². The summed E-state index contributed by atoms with van der Waals surface area (Å²) in [5, 5.41) is 6.22. The van der Waals surface area contributed by atoms with E-state index in [0.29, 0.717) is 19.5 Å². The van der Waals surface area contributed by atoms with E-state index < -0.39 is 5.92 Å². The van der Waals surface area contributed by atoms with Gasteiger partial charge in [-0.05, 0) is 23.5 Å². The Kier molecular flexibility index (Phi) is 5.84. The minimum absolute atomic E-state index is 0.0263. The second-order valence-electron chi connectivity index (χ2n) is 6.77. The maximum atomic E-state index is 12.5. The lowest BCUT2D eigenvalue weighted by molar-refractivity contribution is -0.134. The third-order valence-electron chi connectivity index (χ3n) is 4.69. The van der Waals surface area contributed by atoms with Gasteiger partial charge in [-0.15, -0.1) is 0 Å². The molecule has 26 heavy (non-hydrogen) atoms. The molecule has 134 valence electrons. The van der Waals surface area contributed by atoms with Crippen LogP contribution >= 0.6 is 0 Å². The van der Waals surface area contributed by atoms with Crippen LogP contribution in [0.25, 0.3) is 0 Å². The number of ketones is 1. The molecule has 1 aliphatic carbocycles. The summed E-state index contributed by atoms with van der Waals surface area (Å²) in [6.07, 6.45) is 2.29. The van der Waals surface area contributed by atoms with Gasteiger partial charge in [-0.1, -0.05) is 67.6 Å². The zero-order valence-electron chi connectivity index (χ0n) is 14.9. The summed E-state index contributed by atoms with van der Waals surface area (Å²) < 4.78 is 0. The van der Waals surface area contributed by atoms with Gasteiger partial charge in [-0.3, -0.25) is 9.59 Å². The maximum absolute atomic E-state index is 12.5. The number of carbonyl (C=O) groups excluding carboxylic acids is 2. The van der Waals surface area contributed by atoms with Crippen LogP contribution in [0.15, 0.2) is 72.4 Å². The number of allylic oxidation sites excluding steroid dienone is 2. The predicted octanol–water partition coefficient (Wildman–Crippen LogP) is 3.20. The van der Waals surface area contributed by atoms with Gasteiger partial charge in [0.05, 0.1) is 0 Å². The van der Waals surface area contributed by atoms with Crippen molar-refractivity contribution in [3.63, 3.8) is 0 Å². The lowest BCUT2D eigenvalue weighted by Crippen LogP contribution is -2.41. The number of benzene rings is 2. The Balaban J connectivity index is 1.57. The fourth-order valence-electron chi connectivity index (χ4n) is 3.28. The van der Waals surface area contributed by atoms with Gasteiger partial charge in [0.25, 0.3) is 0 Å². The molecule has 0 heterocycles. The zero-order chi connectivity index (χ0) is 18.4. The van der Waals surface area contributed by atoms with E-state index in [1.807, 2.05) is 67.6 Å². The van der Waals surface area contributed by atoms with E-state index in [2.05, 4.69) is 10.6 Å². The fraction of sp³-hybridized carbons (Fsp3) is 0.273. The lowest BCUT2D eigenvalue weighted by Gasteiger charge is -2.27. The molecule has 0 saturated carbocycles. The Morgan fingerprint density at radius 1 is 0.962 bits per heavy atom. The van der Waals surface area contributed by atoms with Gasteiger partial charge in [0.2, 0.25) is 5.91 Å². The quantitative estimate of drug-likeness (QED) is 0.788. The molecule has 0 aromatic heterocycles. The first-order valence-corrected chi connectivity index (χ1v) is 8.97. The normalized spacial score (nSPS) is 19.6. The topological polar surface area (TPSA) is 58.2 Å². The van der Waals surface area contributed by atoms with Crippen molar-refractivity contribution in [2.24, 2.45) is 11.8 Å². The number of carbonyl (C=O) groups is 2. The molecular weight excluding hydrogens is 324 g/mol. The van der Waals surface area contributed by atoms with Crippen molar-refractivity contribution in [3.05, 3.63) is 83.6 Å². The van der Waals surface area contributed by atoms with E-state index in [9.17, 15) is 9.59 Å². The van der Waals surface area contributed by atoms with Gasteiger partial charge < -0.3 is 10.6 Å². The predicted molar refractivity (Wildman–Crippen MR) is 102 cm³/mol. The Morgan fingerprint density at radius 3 is 2.12 bits per heavy atom. The zero-order valence-corrected chi connectivity index (χ0v) is 14.9. The van der Waals surface area contributed by atoms with Crippen molar-refractivity contribution < 1.29 is 9.59 Å². The molecule has 0 fully saturated rings. The first-order chi connectivity index (χ1) is 12.6. The molecule has 2 N–H and O–H groups in total. The Labute approximate surface area is 154 Å². The standard InChI is InChI=1S/C22H24N2O2/c1-16-12-19(23-14-17-8-4-2-5-9-17)13-20(25)21(16)22(26)24-15-18-10-6-3-7-11-18/h2-11,13,16,21,23H,12,14-15H2,1H3,(H,24,26). The summed E-state index contributed by atoms with van der Waals surface area (Å²) in [4.78, 5) is 25.0. The second kappa shape index (κ2) is 8.48. The highest BCUT2D eigenvalue weighted by Gasteiger charge is 2.34. The second-order valence-corrected chi connectivity index (χ2v) is 6.77. The largest absolute Gasteiger partial charge is 0.384 e. The van der Waals surface area contributed by atoms with Gasteiger partial charge >= 0.3 is 0 Å². The molecule has 0 saturated heterocycles. The molecule has 2 aromatic carbocycles. The molecule has 0 radical (unpaired) electrons. The molecule has 1 amide bonds. The first kappa shape index (κ1) is 17.9. The van der Waals surface area contributed by atoms with E-state index in [4.69, 9.17) is 0 Å². The van der Waals surface area contributed by atoms with Crippen LogP contribution in [0.3, 0.4) is 0 Å². The van der Waals surface area contributed by atoms with E-state index >= 15 is 0 Å². The number of hydrogen-bond donors (Lipinski definition) is 2. The molecule has 0 aliphatic heterocycles. The summed E-state index contributed by atoms with van der Waals surface area (Å²) in [6.45, 7) is 3.08. The van der Waals surface area contributed by atoms with E-state index in [1.54, 1.807) is 6.08 Å². The minimum atomic E-state index is -0.610. The van der Waals surface area contributed by atoms with Crippen LogP contribution in [0.2, 0.25) is 0 Å². The highest BCUT2D eigenvalue weighted by molar-refractivity contribution is 6.07. The summed E-state index contributed by atoms with van der Waals surface area (Å²) in [5.74, 6) is -0.947. The third kappa shape index (κ3) is 4.60. The summed E-state index contributed by atoms with van der Waals surface area (Å²) in [6, 6.07) is 19.8. The molecule has 0 spiro atoms. The van der Waals surface area contributed by atoms with E-state index in [1.165, 1.54) is 0 Å². The van der Waals surface area contributed by atoms with Crippen molar-refractivity contribution >= 4 is 11.7 Å². The number of hydrogen-bond acceptors (Lipinski definition) is 3. The summed E-state index contributed by atoms with van der Waals surface area (Å²) in [5.41, 5.74) is 3.09. The average molecular weight is 348 g/mol. The number of nitrogens with one attached hydrogen (secondary N) is 2.